The summed E-state index contributed by atoms with van der Waals surface area (Å²) in [7, 11) is 0. The van der Waals surface area contributed by atoms with Gasteiger partial charge in [0.2, 0.25) is 18.6 Å². The van der Waals surface area contributed by atoms with E-state index in [0.717, 1.165) is 11.1 Å². The molecule has 0 N–H and O–H groups in total. The van der Waals surface area contributed by atoms with Crippen LogP contribution in [0.5, 0.6) is 11.5 Å². The SMILES string of the molecule is O=C(c1ccc(Cl)cc1)[C@@H]1[C@@H]2C(=O)N(c3ccc4c(c3)OCO4)C(=O)[C@@H]2C2c3ccccc3C=CN21. The van der Waals surface area contributed by atoms with Gasteiger partial charge < -0.3 is 14.4 Å². The van der Waals surface area contributed by atoms with E-state index in [4.69, 9.17) is 21.1 Å². The summed E-state index contributed by atoms with van der Waals surface area (Å²) in [6.45, 7) is 0.0871. The Labute approximate surface area is 211 Å². The summed E-state index contributed by atoms with van der Waals surface area (Å²) in [6, 6.07) is 18.1. The molecule has 8 heteroatoms. The van der Waals surface area contributed by atoms with Crippen molar-refractivity contribution >= 4 is 41.0 Å². The first kappa shape index (κ1) is 21.2. The minimum absolute atomic E-state index is 0.0871. The van der Waals surface area contributed by atoms with E-state index in [9.17, 15) is 14.4 Å². The Balaban J connectivity index is 1.36. The van der Waals surface area contributed by atoms with Crippen molar-refractivity contribution in [1.82, 2.24) is 4.90 Å². The van der Waals surface area contributed by atoms with Gasteiger partial charge >= 0.3 is 0 Å². The highest BCUT2D eigenvalue weighted by atomic mass is 35.5. The van der Waals surface area contributed by atoms with E-state index in [0.29, 0.717) is 27.8 Å². The molecule has 0 aromatic heterocycles. The third-order valence-electron chi connectivity index (χ3n) is 7.47. The van der Waals surface area contributed by atoms with Crippen molar-refractivity contribution in [2.45, 2.75) is 12.1 Å². The van der Waals surface area contributed by atoms with Gasteiger partial charge in [0.25, 0.3) is 0 Å². The number of fused-ring (bicyclic) bond motifs is 6. The van der Waals surface area contributed by atoms with E-state index in [2.05, 4.69) is 0 Å². The first-order valence-electron chi connectivity index (χ1n) is 11.6. The molecule has 0 saturated carbocycles. The fourth-order valence-electron chi connectivity index (χ4n) is 5.92. The standard InChI is InChI=1S/C28H19ClN2O5/c29-17-7-5-16(6-8-17)26(32)25-23-22(24-19-4-2-1-3-15(19)11-12-30(24)25)27(33)31(28(23)34)18-9-10-20-21(13-18)36-14-35-20/h1-13,22-25H,14H2/t22-,23+,24?,25-/m0/s1. The molecule has 3 aromatic rings. The molecule has 2 fully saturated rings. The summed E-state index contributed by atoms with van der Waals surface area (Å²) < 4.78 is 10.8. The Kier molecular flexibility index (Phi) is 4.53. The smallest absolute Gasteiger partial charge is 0.240 e. The molecule has 4 aliphatic rings. The van der Waals surface area contributed by atoms with Gasteiger partial charge in [0.1, 0.15) is 6.04 Å². The van der Waals surface area contributed by atoms with Crippen LogP contribution in [0.3, 0.4) is 0 Å². The van der Waals surface area contributed by atoms with Crippen LogP contribution in [-0.4, -0.2) is 35.3 Å². The van der Waals surface area contributed by atoms with Crippen LogP contribution in [0.4, 0.5) is 5.69 Å². The van der Waals surface area contributed by atoms with E-state index in [1.54, 1.807) is 42.5 Å². The highest BCUT2D eigenvalue weighted by molar-refractivity contribution is 6.30. The summed E-state index contributed by atoms with van der Waals surface area (Å²) in [6.07, 6.45) is 3.77. The number of hydrogen-bond acceptors (Lipinski definition) is 6. The predicted molar refractivity (Wildman–Crippen MR) is 132 cm³/mol. The quantitative estimate of drug-likeness (QED) is 0.392. The second-order valence-corrected chi connectivity index (χ2v) is 9.69. The fraction of sp³-hybridized carbons (Fsp3) is 0.179. The Morgan fingerprint density at radius 1 is 0.889 bits per heavy atom. The second kappa shape index (κ2) is 7.70. The average molecular weight is 499 g/mol. The van der Waals surface area contributed by atoms with Gasteiger partial charge in [0, 0.05) is 22.9 Å². The molecule has 1 unspecified atom stereocenters. The van der Waals surface area contributed by atoms with Gasteiger partial charge in [-0.3, -0.25) is 14.4 Å². The lowest BCUT2D eigenvalue weighted by molar-refractivity contribution is -0.123. The first-order chi connectivity index (χ1) is 17.5. The molecule has 7 nitrogen and oxygen atoms in total. The Morgan fingerprint density at radius 2 is 1.64 bits per heavy atom. The van der Waals surface area contributed by atoms with Crippen LogP contribution in [0, 0.1) is 11.8 Å². The molecule has 2 saturated heterocycles. The number of rotatable bonds is 3. The average Bonchev–Trinajstić information content (AvgIpc) is 3.57. The van der Waals surface area contributed by atoms with Crippen molar-refractivity contribution in [3.8, 4) is 11.5 Å². The van der Waals surface area contributed by atoms with E-state index in [1.165, 1.54) is 4.90 Å². The summed E-state index contributed by atoms with van der Waals surface area (Å²) in [5.74, 6) is -1.45. The highest BCUT2D eigenvalue weighted by Gasteiger charge is 2.64. The lowest BCUT2D eigenvalue weighted by atomic mass is 9.83. The molecule has 2 amide bonds. The molecular formula is C28H19ClN2O5. The Hall–Kier alpha value is -4.10. The molecule has 4 aliphatic heterocycles. The number of halogens is 1. The third-order valence-corrected chi connectivity index (χ3v) is 7.73. The van der Waals surface area contributed by atoms with Crippen LogP contribution < -0.4 is 14.4 Å². The molecule has 4 atom stereocenters. The summed E-state index contributed by atoms with van der Waals surface area (Å²) in [5.41, 5.74) is 2.75. The fourth-order valence-corrected chi connectivity index (χ4v) is 6.05. The number of carbonyl (C=O) groups is 3. The lowest BCUT2D eigenvalue weighted by Crippen LogP contribution is -2.44. The highest BCUT2D eigenvalue weighted by Crippen LogP contribution is 2.54. The van der Waals surface area contributed by atoms with Gasteiger partial charge in [-0.15, -0.1) is 0 Å². The Morgan fingerprint density at radius 3 is 2.47 bits per heavy atom. The van der Waals surface area contributed by atoms with Crippen LogP contribution in [0.25, 0.3) is 6.08 Å². The predicted octanol–water partition coefficient (Wildman–Crippen LogP) is 4.47. The van der Waals surface area contributed by atoms with Crippen molar-refractivity contribution in [3.05, 3.63) is 94.6 Å². The summed E-state index contributed by atoms with van der Waals surface area (Å²) in [4.78, 5) is 44.9. The van der Waals surface area contributed by atoms with Gasteiger partial charge in [-0.2, -0.15) is 0 Å². The summed E-state index contributed by atoms with van der Waals surface area (Å²) in [5, 5.41) is 0.515. The minimum atomic E-state index is -0.841. The number of nitrogens with zero attached hydrogens (tertiary/aromatic N) is 2. The van der Waals surface area contributed by atoms with E-state index >= 15 is 0 Å². The largest absolute Gasteiger partial charge is 0.454 e. The van der Waals surface area contributed by atoms with Crippen LogP contribution >= 0.6 is 11.6 Å². The third kappa shape index (κ3) is 2.89. The maximum atomic E-state index is 14.0. The van der Waals surface area contributed by atoms with Crippen LogP contribution in [-0.2, 0) is 9.59 Å². The Bertz CT molecular complexity index is 1480. The molecule has 7 rings (SSSR count). The molecule has 4 heterocycles. The molecule has 3 aromatic carbocycles. The molecule has 0 radical (unpaired) electrons. The zero-order valence-electron chi connectivity index (χ0n) is 18.8. The van der Waals surface area contributed by atoms with Gasteiger partial charge in [-0.05, 0) is 53.6 Å². The zero-order valence-corrected chi connectivity index (χ0v) is 19.6. The van der Waals surface area contributed by atoms with E-state index < -0.39 is 29.8 Å². The topological polar surface area (TPSA) is 76.1 Å². The normalized spacial score (nSPS) is 25.1. The molecule has 36 heavy (non-hydrogen) atoms. The molecule has 0 aliphatic carbocycles. The number of ether oxygens (including phenoxy) is 2. The number of amides is 2. The van der Waals surface area contributed by atoms with Crippen LogP contribution in [0.2, 0.25) is 5.02 Å². The van der Waals surface area contributed by atoms with Gasteiger partial charge in [0.15, 0.2) is 17.3 Å². The van der Waals surface area contributed by atoms with Crippen LogP contribution in [0.1, 0.15) is 27.5 Å². The van der Waals surface area contributed by atoms with E-state index in [1.807, 2.05) is 41.4 Å². The second-order valence-electron chi connectivity index (χ2n) is 9.25. The number of imide groups is 1. The number of benzene rings is 3. The number of hydrogen-bond donors (Lipinski definition) is 0. The number of ketones is 1. The molecule has 0 spiro atoms. The van der Waals surface area contributed by atoms with E-state index in [-0.39, 0.29) is 18.5 Å². The first-order valence-corrected chi connectivity index (χ1v) is 12.0. The zero-order chi connectivity index (χ0) is 24.6. The molecule has 178 valence electrons. The summed E-state index contributed by atoms with van der Waals surface area (Å²) >= 11 is 6.04. The molecule has 0 bridgehead atoms. The van der Waals surface area contributed by atoms with Crippen LogP contribution in [0.15, 0.2) is 72.9 Å². The van der Waals surface area contributed by atoms with Crippen molar-refractivity contribution in [1.29, 1.82) is 0 Å². The van der Waals surface area contributed by atoms with Crippen molar-refractivity contribution in [2.24, 2.45) is 11.8 Å². The minimum Gasteiger partial charge on any atom is -0.454 e. The van der Waals surface area contributed by atoms with Crippen molar-refractivity contribution in [2.75, 3.05) is 11.7 Å². The maximum Gasteiger partial charge on any atom is 0.240 e. The van der Waals surface area contributed by atoms with Crippen molar-refractivity contribution in [3.63, 3.8) is 0 Å². The van der Waals surface area contributed by atoms with Gasteiger partial charge in [-0.1, -0.05) is 35.9 Å². The molecular weight excluding hydrogens is 480 g/mol. The van der Waals surface area contributed by atoms with Crippen molar-refractivity contribution < 1.29 is 23.9 Å². The monoisotopic (exact) mass is 498 g/mol. The van der Waals surface area contributed by atoms with Gasteiger partial charge in [-0.25, -0.2) is 4.90 Å². The lowest BCUT2D eigenvalue weighted by Gasteiger charge is -2.35. The maximum absolute atomic E-state index is 14.0. The number of Topliss-reactive ketones (excluding diaryl/α,β-unsaturated/α-hetero) is 1. The number of carbonyl (C=O) groups excluding carboxylic acids is 3. The number of anilines is 1. The van der Waals surface area contributed by atoms with Gasteiger partial charge in [0.05, 0.1) is 23.6 Å².